The van der Waals surface area contributed by atoms with Crippen LogP contribution in [0.4, 0.5) is 23.1 Å². The number of rotatable bonds is 5. The monoisotopic (exact) mass is 400 g/mol. The third-order valence-corrected chi connectivity index (χ3v) is 5.17. The maximum absolute atomic E-state index is 12.6. The van der Waals surface area contributed by atoms with Crippen molar-refractivity contribution in [3.63, 3.8) is 0 Å². The van der Waals surface area contributed by atoms with Crippen LogP contribution in [-0.4, -0.2) is 29.4 Å². The van der Waals surface area contributed by atoms with E-state index in [1.807, 2.05) is 6.92 Å². The van der Waals surface area contributed by atoms with Crippen molar-refractivity contribution in [2.45, 2.75) is 38.0 Å². The molecular weight excluding hydrogens is 381 g/mol. The Morgan fingerprint density at radius 1 is 1.33 bits per heavy atom. The summed E-state index contributed by atoms with van der Waals surface area (Å²) in [6, 6.07) is 4.49. The molecule has 146 valence electrons. The largest absolute Gasteiger partial charge is 0.416 e. The molecule has 0 saturated carbocycles. The Kier molecular flexibility index (Phi) is 5.95. The second-order valence-corrected chi connectivity index (χ2v) is 7.31. The number of aromatic nitrogens is 2. The lowest BCUT2D eigenvalue weighted by Crippen LogP contribution is -2.31. The number of nitrogens with one attached hydrogen (secondary N) is 2. The normalized spacial score (nSPS) is 18.3. The van der Waals surface area contributed by atoms with E-state index in [0.717, 1.165) is 30.0 Å². The summed E-state index contributed by atoms with van der Waals surface area (Å²) in [6.07, 6.45) is -2.54. The Morgan fingerprint density at radius 2 is 2.07 bits per heavy atom. The molecule has 6 nitrogen and oxygen atoms in total. The molecule has 1 saturated heterocycles. The Morgan fingerprint density at radius 3 is 2.70 bits per heavy atom. The van der Waals surface area contributed by atoms with Crippen LogP contribution < -0.4 is 10.6 Å². The number of halogens is 3. The van der Waals surface area contributed by atoms with Gasteiger partial charge in [0.15, 0.2) is 0 Å². The quantitative estimate of drug-likeness (QED) is 0.783. The average Bonchev–Trinajstić information content (AvgIpc) is 3.30. The summed E-state index contributed by atoms with van der Waals surface area (Å²) >= 11 is 1.27. The summed E-state index contributed by atoms with van der Waals surface area (Å²) in [4.78, 5) is 12.0. The van der Waals surface area contributed by atoms with Gasteiger partial charge in [0.1, 0.15) is 11.1 Å². The second-order valence-electron chi connectivity index (χ2n) is 6.30. The number of alkyl halides is 3. The molecule has 0 spiro atoms. The molecule has 2 heterocycles. The lowest BCUT2D eigenvalue weighted by Gasteiger charge is -2.14. The summed E-state index contributed by atoms with van der Waals surface area (Å²) < 4.78 is 43.3. The highest BCUT2D eigenvalue weighted by atomic mass is 32.1. The van der Waals surface area contributed by atoms with Gasteiger partial charge in [0.25, 0.3) is 0 Å². The predicted molar refractivity (Wildman–Crippen MR) is 94.7 cm³/mol. The number of hydrogen-bond donors (Lipinski definition) is 2. The van der Waals surface area contributed by atoms with Gasteiger partial charge < -0.3 is 10.1 Å². The van der Waals surface area contributed by atoms with Crippen molar-refractivity contribution in [2.24, 2.45) is 0 Å². The van der Waals surface area contributed by atoms with Gasteiger partial charge in [0.2, 0.25) is 5.13 Å². The molecule has 2 atom stereocenters. The van der Waals surface area contributed by atoms with Crippen molar-refractivity contribution in [3.8, 4) is 0 Å². The van der Waals surface area contributed by atoms with Gasteiger partial charge in [0, 0.05) is 13.2 Å². The Balaban J connectivity index is 1.48. The lowest BCUT2D eigenvalue weighted by molar-refractivity contribution is -0.137. The van der Waals surface area contributed by atoms with Gasteiger partial charge in [-0.1, -0.05) is 30.4 Å². The summed E-state index contributed by atoms with van der Waals surface area (Å²) in [5, 5.41) is 14.4. The Bertz CT molecular complexity index is 773. The van der Waals surface area contributed by atoms with Crippen molar-refractivity contribution in [3.05, 3.63) is 40.4 Å². The van der Waals surface area contributed by atoms with Crippen LogP contribution in [0.3, 0.4) is 0 Å². The van der Waals surface area contributed by atoms with E-state index in [9.17, 15) is 18.0 Å². The first-order valence-corrected chi connectivity index (χ1v) is 9.31. The Labute approximate surface area is 158 Å². The zero-order chi connectivity index (χ0) is 19.4. The SMILES string of the molecule is CC(CNC(=O)Nc1nnc(C2CCCO2)s1)c1ccc(C(F)(F)F)cc1. The van der Waals surface area contributed by atoms with E-state index in [2.05, 4.69) is 20.8 Å². The van der Waals surface area contributed by atoms with E-state index in [0.29, 0.717) is 17.3 Å². The molecule has 1 aromatic carbocycles. The van der Waals surface area contributed by atoms with E-state index in [1.54, 1.807) is 0 Å². The van der Waals surface area contributed by atoms with E-state index in [1.165, 1.54) is 23.5 Å². The number of amides is 2. The second kappa shape index (κ2) is 8.22. The fourth-order valence-electron chi connectivity index (χ4n) is 2.69. The van der Waals surface area contributed by atoms with Crippen LogP contribution in [0.5, 0.6) is 0 Å². The number of anilines is 1. The maximum Gasteiger partial charge on any atom is 0.416 e. The first-order chi connectivity index (χ1) is 12.8. The maximum atomic E-state index is 12.6. The van der Waals surface area contributed by atoms with Gasteiger partial charge >= 0.3 is 12.2 Å². The summed E-state index contributed by atoms with van der Waals surface area (Å²) in [6.45, 7) is 2.80. The van der Waals surface area contributed by atoms with E-state index >= 15 is 0 Å². The van der Waals surface area contributed by atoms with Crippen molar-refractivity contribution in [1.29, 1.82) is 0 Å². The number of nitrogens with zero attached hydrogens (tertiary/aromatic N) is 2. The zero-order valence-electron chi connectivity index (χ0n) is 14.5. The van der Waals surface area contributed by atoms with Gasteiger partial charge in [-0.3, -0.25) is 5.32 Å². The van der Waals surface area contributed by atoms with Crippen LogP contribution in [0.2, 0.25) is 0 Å². The fourth-order valence-corrected chi connectivity index (χ4v) is 3.52. The molecule has 3 rings (SSSR count). The van der Waals surface area contributed by atoms with Crippen LogP contribution in [0, 0.1) is 0 Å². The molecule has 1 aliphatic heterocycles. The molecule has 27 heavy (non-hydrogen) atoms. The highest BCUT2D eigenvalue weighted by Crippen LogP contribution is 2.32. The third kappa shape index (κ3) is 5.16. The Hall–Kier alpha value is -2.20. The van der Waals surface area contributed by atoms with Crippen molar-refractivity contribution in [2.75, 3.05) is 18.5 Å². The summed E-state index contributed by atoms with van der Waals surface area (Å²) in [5.74, 6) is -0.144. The molecule has 0 aliphatic carbocycles. The van der Waals surface area contributed by atoms with Gasteiger partial charge in [-0.25, -0.2) is 4.79 Å². The molecule has 2 N–H and O–H groups in total. The number of hydrogen-bond acceptors (Lipinski definition) is 5. The molecule has 2 amide bonds. The van der Waals surface area contributed by atoms with Crippen molar-refractivity contribution >= 4 is 22.5 Å². The minimum atomic E-state index is -4.36. The number of carbonyl (C=O) groups is 1. The van der Waals surface area contributed by atoms with E-state index in [-0.39, 0.29) is 18.6 Å². The number of urea groups is 1. The van der Waals surface area contributed by atoms with Crippen LogP contribution in [-0.2, 0) is 10.9 Å². The topological polar surface area (TPSA) is 76.1 Å². The molecule has 0 radical (unpaired) electrons. The van der Waals surface area contributed by atoms with Crippen molar-refractivity contribution in [1.82, 2.24) is 15.5 Å². The minimum absolute atomic E-state index is 0.0548. The lowest BCUT2D eigenvalue weighted by atomic mass is 10.00. The average molecular weight is 400 g/mol. The molecule has 1 fully saturated rings. The fraction of sp³-hybridized carbons (Fsp3) is 0.471. The number of benzene rings is 1. The summed E-state index contributed by atoms with van der Waals surface area (Å²) in [7, 11) is 0. The first-order valence-electron chi connectivity index (χ1n) is 8.50. The zero-order valence-corrected chi connectivity index (χ0v) is 15.4. The van der Waals surface area contributed by atoms with Gasteiger partial charge in [-0.2, -0.15) is 13.2 Å². The van der Waals surface area contributed by atoms with E-state index in [4.69, 9.17) is 4.74 Å². The molecule has 2 aromatic rings. The smallest absolute Gasteiger partial charge is 0.371 e. The molecule has 1 aliphatic rings. The predicted octanol–water partition coefficient (Wildman–Crippen LogP) is 4.33. The molecule has 1 aromatic heterocycles. The highest BCUT2D eigenvalue weighted by Gasteiger charge is 2.30. The molecule has 10 heteroatoms. The molecule has 2 unspecified atom stereocenters. The minimum Gasteiger partial charge on any atom is -0.371 e. The van der Waals surface area contributed by atoms with Crippen LogP contribution in [0.25, 0.3) is 0 Å². The number of ether oxygens (including phenoxy) is 1. The first kappa shape index (κ1) is 19.6. The van der Waals surface area contributed by atoms with Crippen LogP contribution in [0.1, 0.15) is 47.9 Å². The van der Waals surface area contributed by atoms with Gasteiger partial charge in [-0.15, -0.1) is 10.2 Å². The van der Waals surface area contributed by atoms with Gasteiger partial charge in [0.05, 0.1) is 5.56 Å². The van der Waals surface area contributed by atoms with Crippen LogP contribution >= 0.6 is 11.3 Å². The summed E-state index contributed by atoms with van der Waals surface area (Å²) in [5.41, 5.74) is 0.0161. The highest BCUT2D eigenvalue weighted by molar-refractivity contribution is 7.15. The van der Waals surface area contributed by atoms with Gasteiger partial charge in [-0.05, 0) is 36.5 Å². The number of carbonyl (C=O) groups excluding carboxylic acids is 1. The van der Waals surface area contributed by atoms with Crippen molar-refractivity contribution < 1.29 is 22.7 Å². The molecular formula is C17H19F3N4O2S. The van der Waals surface area contributed by atoms with E-state index < -0.39 is 17.8 Å². The third-order valence-electron chi connectivity index (χ3n) is 4.24. The van der Waals surface area contributed by atoms with Crippen LogP contribution in [0.15, 0.2) is 24.3 Å². The molecule has 0 bridgehead atoms. The standard InChI is InChI=1S/C17H19F3N4O2S/c1-10(11-4-6-12(7-5-11)17(18,19)20)9-21-15(25)22-16-24-23-14(27-16)13-3-2-8-26-13/h4-7,10,13H,2-3,8-9H2,1H3,(H2,21,22,24,25).